The maximum absolute atomic E-state index is 11.9. The predicted octanol–water partition coefficient (Wildman–Crippen LogP) is 1.17. The molecule has 1 amide bonds. The Labute approximate surface area is 98.9 Å². The second kappa shape index (κ2) is 4.44. The minimum absolute atomic E-state index is 0.152. The largest absolute Gasteiger partial charge is 0.497 e. The maximum Gasteiger partial charge on any atom is 0.249 e. The lowest BCUT2D eigenvalue weighted by molar-refractivity contribution is -0.144. The average molecular weight is 232 g/mol. The van der Waals surface area contributed by atoms with E-state index in [4.69, 9.17) is 14.7 Å². The summed E-state index contributed by atoms with van der Waals surface area (Å²) in [4.78, 5) is 11.9. The summed E-state index contributed by atoms with van der Waals surface area (Å²) in [5, 5.41) is 11.7. The van der Waals surface area contributed by atoms with Crippen LogP contribution in [0.3, 0.4) is 0 Å². The zero-order valence-corrected chi connectivity index (χ0v) is 9.40. The first kappa shape index (κ1) is 11.4. The normalized spacial score (nSPS) is 16.5. The van der Waals surface area contributed by atoms with Gasteiger partial charge in [-0.25, -0.2) is 0 Å². The highest BCUT2D eigenvalue weighted by molar-refractivity contribution is 5.98. The number of nitrogens with one attached hydrogen (secondary N) is 1. The molecule has 1 heterocycles. The van der Waals surface area contributed by atoms with E-state index in [1.807, 2.05) is 6.07 Å². The van der Waals surface area contributed by atoms with Crippen LogP contribution >= 0.6 is 0 Å². The molecule has 1 aromatic carbocycles. The van der Waals surface area contributed by atoms with Crippen LogP contribution in [0.25, 0.3) is 0 Å². The highest BCUT2D eigenvalue weighted by atomic mass is 16.5. The van der Waals surface area contributed by atoms with Gasteiger partial charge in [0.1, 0.15) is 5.75 Å². The fraction of sp³-hybridized carbons (Fsp3) is 0.333. The molecule has 1 saturated heterocycles. The average Bonchev–Trinajstić information content (AvgIpc) is 2.28. The van der Waals surface area contributed by atoms with Crippen molar-refractivity contribution in [1.29, 1.82) is 5.26 Å². The van der Waals surface area contributed by atoms with Crippen molar-refractivity contribution in [3.8, 4) is 11.8 Å². The van der Waals surface area contributed by atoms with Gasteiger partial charge in [-0.2, -0.15) is 5.26 Å². The van der Waals surface area contributed by atoms with E-state index in [0.29, 0.717) is 11.4 Å². The number of ether oxygens (including phenoxy) is 2. The molecule has 1 aliphatic rings. The number of benzene rings is 1. The Balaban J connectivity index is 2.10. The molecule has 0 atom stereocenters. The van der Waals surface area contributed by atoms with Gasteiger partial charge in [0, 0.05) is 11.8 Å². The summed E-state index contributed by atoms with van der Waals surface area (Å²) < 4.78 is 9.97. The summed E-state index contributed by atoms with van der Waals surface area (Å²) in [6.45, 7) is 0.304. The maximum atomic E-state index is 11.9. The summed E-state index contributed by atoms with van der Waals surface area (Å²) in [5.41, 5.74) is -0.431. The Morgan fingerprint density at radius 3 is 2.88 bits per heavy atom. The van der Waals surface area contributed by atoms with Gasteiger partial charge in [-0.1, -0.05) is 6.07 Å². The van der Waals surface area contributed by atoms with Crippen LogP contribution in [0.5, 0.6) is 5.75 Å². The third kappa shape index (κ3) is 2.08. The molecule has 1 N–H and O–H groups in total. The molecule has 1 aliphatic heterocycles. The Morgan fingerprint density at radius 1 is 1.59 bits per heavy atom. The first-order chi connectivity index (χ1) is 8.20. The number of hydrogen-bond acceptors (Lipinski definition) is 4. The highest BCUT2D eigenvalue weighted by Gasteiger charge is 2.46. The third-order valence-corrected chi connectivity index (χ3v) is 2.67. The molecule has 0 radical (unpaired) electrons. The van der Waals surface area contributed by atoms with Gasteiger partial charge in [0.05, 0.1) is 26.4 Å². The molecule has 0 bridgehead atoms. The van der Waals surface area contributed by atoms with Crippen molar-refractivity contribution in [1.82, 2.24) is 0 Å². The number of carbonyl (C=O) groups is 1. The molecule has 5 nitrogen and oxygen atoms in total. The van der Waals surface area contributed by atoms with Gasteiger partial charge in [0.15, 0.2) is 5.41 Å². The van der Waals surface area contributed by atoms with Crippen LogP contribution in [0, 0.1) is 16.7 Å². The summed E-state index contributed by atoms with van der Waals surface area (Å²) >= 11 is 0. The topological polar surface area (TPSA) is 71.3 Å². The number of amides is 1. The molecule has 17 heavy (non-hydrogen) atoms. The summed E-state index contributed by atoms with van der Waals surface area (Å²) in [6, 6.07) is 8.98. The van der Waals surface area contributed by atoms with Gasteiger partial charge in [0.2, 0.25) is 5.91 Å². The molecular formula is C12H12N2O3. The van der Waals surface area contributed by atoms with Crippen LogP contribution in [0.2, 0.25) is 0 Å². The van der Waals surface area contributed by atoms with Gasteiger partial charge in [-0.15, -0.1) is 0 Å². The van der Waals surface area contributed by atoms with Gasteiger partial charge in [-0.3, -0.25) is 4.79 Å². The predicted molar refractivity (Wildman–Crippen MR) is 60.5 cm³/mol. The van der Waals surface area contributed by atoms with E-state index in [1.54, 1.807) is 31.4 Å². The standard InChI is InChI=1S/C12H12N2O3/c1-16-10-4-2-3-9(5-10)14-11(15)12(6-13)7-17-8-12/h2-5H,7-8H2,1H3,(H,14,15). The smallest absolute Gasteiger partial charge is 0.249 e. The van der Waals surface area contributed by atoms with Crippen LogP contribution in [0.4, 0.5) is 5.69 Å². The third-order valence-electron chi connectivity index (χ3n) is 2.67. The van der Waals surface area contributed by atoms with Crippen molar-refractivity contribution < 1.29 is 14.3 Å². The molecule has 5 heteroatoms. The molecule has 88 valence electrons. The van der Waals surface area contributed by atoms with Gasteiger partial charge < -0.3 is 14.8 Å². The molecular weight excluding hydrogens is 220 g/mol. The minimum atomic E-state index is -1.04. The summed E-state index contributed by atoms with van der Waals surface area (Å²) in [6.07, 6.45) is 0. The Hall–Kier alpha value is -2.06. The number of methoxy groups -OCH3 is 1. The molecule has 0 saturated carbocycles. The van der Waals surface area contributed by atoms with Crippen molar-refractivity contribution in [3.63, 3.8) is 0 Å². The molecule has 1 fully saturated rings. The lowest BCUT2D eigenvalue weighted by Gasteiger charge is -2.33. The fourth-order valence-electron chi connectivity index (χ4n) is 1.50. The van der Waals surface area contributed by atoms with Crippen molar-refractivity contribution in [3.05, 3.63) is 24.3 Å². The second-order valence-corrected chi connectivity index (χ2v) is 3.87. The molecule has 1 aromatic rings. The van der Waals surface area contributed by atoms with E-state index in [0.717, 1.165) is 0 Å². The molecule has 0 aromatic heterocycles. The van der Waals surface area contributed by atoms with E-state index in [1.165, 1.54) is 0 Å². The van der Waals surface area contributed by atoms with Gasteiger partial charge in [-0.05, 0) is 12.1 Å². The van der Waals surface area contributed by atoms with Crippen LogP contribution in [0.1, 0.15) is 0 Å². The summed E-state index contributed by atoms with van der Waals surface area (Å²) in [5.74, 6) is 0.318. The van der Waals surface area contributed by atoms with Crippen LogP contribution in [-0.2, 0) is 9.53 Å². The monoisotopic (exact) mass is 232 g/mol. The van der Waals surface area contributed by atoms with Crippen molar-refractivity contribution in [2.24, 2.45) is 5.41 Å². The van der Waals surface area contributed by atoms with Crippen LogP contribution in [-0.4, -0.2) is 26.2 Å². The Morgan fingerprint density at radius 2 is 2.35 bits per heavy atom. The first-order valence-electron chi connectivity index (χ1n) is 5.15. The summed E-state index contributed by atoms with van der Waals surface area (Å²) in [7, 11) is 1.55. The van der Waals surface area contributed by atoms with Crippen LogP contribution in [0.15, 0.2) is 24.3 Å². The molecule has 2 rings (SSSR count). The molecule has 0 unspecified atom stereocenters. The van der Waals surface area contributed by atoms with E-state index in [9.17, 15) is 4.79 Å². The van der Waals surface area contributed by atoms with E-state index in [2.05, 4.69) is 5.32 Å². The van der Waals surface area contributed by atoms with E-state index < -0.39 is 5.41 Å². The molecule has 0 spiro atoms. The number of anilines is 1. The first-order valence-corrected chi connectivity index (χ1v) is 5.15. The van der Waals surface area contributed by atoms with Crippen LogP contribution < -0.4 is 10.1 Å². The highest BCUT2D eigenvalue weighted by Crippen LogP contribution is 2.28. The van der Waals surface area contributed by atoms with Crippen molar-refractivity contribution in [2.75, 3.05) is 25.6 Å². The lowest BCUT2D eigenvalue weighted by Crippen LogP contribution is -2.50. The zero-order valence-electron chi connectivity index (χ0n) is 9.40. The van der Waals surface area contributed by atoms with Crippen molar-refractivity contribution in [2.45, 2.75) is 0 Å². The molecule has 0 aliphatic carbocycles. The SMILES string of the molecule is COc1cccc(NC(=O)C2(C#N)COC2)c1. The zero-order chi connectivity index (χ0) is 12.3. The fourth-order valence-corrected chi connectivity index (χ4v) is 1.50. The second-order valence-electron chi connectivity index (χ2n) is 3.87. The number of nitrogens with zero attached hydrogens (tertiary/aromatic N) is 1. The van der Waals surface area contributed by atoms with Gasteiger partial charge >= 0.3 is 0 Å². The van der Waals surface area contributed by atoms with Crippen molar-refractivity contribution >= 4 is 11.6 Å². The number of carbonyl (C=O) groups excluding carboxylic acids is 1. The van der Waals surface area contributed by atoms with E-state index in [-0.39, 0.29) is 19.1 Å². The Kier molecular flexibility index (Phi) is 2.98. The van der Waals surface area contributed by atoms with Gasteiger partial charge in [0.25, 0.3) is 0 Å². The number of rotatable bonds is 3. The minimum Gasteiger partial charge on any atom is -0.497 e. The Bertz CT molecular complexity index is 475. The lowest BCUT2D eigenvalue weighted by atomic mass is 9.87. The quantitative estimate of drug-likeness (QED) is 0.849. The van der Waals surface area contributed by atoms with E-state index >= 15 is 0 Å². The number of nitriles is 1. The number of hydrogen-bond donors (Lipinski definition) is 1.